The summed E-state index contributed by atoms with van der Waals surface area (Å²) in [6.45, 7) is 3.86. The van der Waals surface area contributed by atoms with Crippen LogP contribution in [0.5, 0.6) is 0 Å². The number of hydrogen-bond acceptors (Lipinski definition) is 3. The predicted molar refractivity (Wildman–Crippen MR) is 78.7 cm³/mol. The van der Waals surface area contributed by atoms with Crippen LogP contribution in [0.15, 0.2) is 48.5 Å². The summed E-state index contributed by atoms with van der Waals surface area (Å²) in [4.78, 5) is 0. The molecule has 19 heavy (non-hydrogen) atoms. The Balaban J connectivity index is 2.08. The molecule has 0 aliphatic rings. The van der Waals surface area contributed by atoms with E-state index in [9.17, 15) is 10.0 Å². The lowest BCUT2D eigenvalue weighted by Gasteiger charge is -2.13. The van der Waals surface area contributed by atoms with E-state index in [1.54, 1.807) is 18.2 Å². The van der Waals surface area contributed by atoms with Crippen LogP contribution >= 0.6 is 0 Å². The van der Waals surface area contributed by atoms with Crippen LogP contribution in [-0.2, 0) is 4.57 Å². The summed E-state index contributed by atoms with van der Waals surface area (Å²) in [6.07, 6.45) is 0. The highest BCUT2D eigenvalue weighted by Crippen LogP contribution is 1.99. The van der Waals surface area contributed by atoms with Gasteiger partial charge in [-0.05, 0) is 24.8 Å². The van der Waals surface area contributed by atoms with Crippen molar-refractivity contribution in [2.45, 2.75) is 13.8 Å². The minimum absolute atomic E-state index is 0.623. The molecule has 0 atom stereocenters. The molecule has 2 aromatic rings. The Morgan fingerprint density at radius 3 is 2.11 bits per heavy atom. The third-order valence-electron chi connectivity index (χ3n) is 3.07. The fourth-order valence-corrected chi connectivity index (χ4v) is 1.87. The van der Waals surface area contributed by atoms with Crippen LogP contribution in [0.25, 0.3) is 0 Å². The average Bonchev–Trinajstić information content (AvgIpc) is 2.39. The Kier molecular flexibility index (Phi) is 4.43. The highest BCUT2D eigenvalue weighted by Gasteiger charge is 2.26. The van der Waals surface area contributed by atoms with E-state index in [2.05, 4.69) is 0 Å². The van der Waals surface area contributed by atoms with Gasteiger partial charge >= 0.3 is 14.2 Å². The molecule has 0 radical (unpaired) electrons. The second-order valence-corrected chi connectivity index (χ2v) is 4.61. The minimum atomic E-state index is -1.14. The predicted octanol–water partition coefficient (Wildman–Crippen LogP) is 0.395. The molecule has 0 spiro atoms. The van der Waals surface area contributed by atoms with Gasteiger partial charge in [-0.1, -0.05) is 59.7 Å². The van der Waals surface area contributed by atoms with Crippen LogP contribution in [0.3, 0.4) is 0 Å². The van der Waals surface area contributed by atoms with Crippen LogP contribution in [0.2, 0.25) is 0 Å². The van der Waals surface area contributed by atoms with Gasteiger partial charge in [-0.3, -0.25) is 0 Å². The van der Waals surface area contributed by atoms with Gasteiger partial charge in [0.2, 0.25) is 0 Å². The van der Waals surface area contributed by atoms with Gasteiger partial charge in [0.25, 0.3) is 0 Å². The number of aryl methyl sites for hydroxylation is 2. The molecule has 0 fully saturated rings. The molecule has 0 aromatic heterocycles. The van der Waals surface area contributed by atoms with E-state index in [1.807, 2.05) is 44.2 Å². The van der Waals surface area contributed by atoms with Gasteiger partial charge in [0.1, 0.15) is 0 Å². The van der Waals surface area contributed by atoms with Crippen LogP contribution in [0, 0.1) is 13.8 Å². The first kappa shape index (κ1) is 13.9. The van der Waals surface area contributed by atoms with Gasteiger partial charge in [-0.2, -0.15) is 0 Å². The largest absolute Gasteiger partial charge is 0.478 e. The van der Waals surface area contributed by atoms with Crippen molar-refractivity contribution in [3.63, 3.8) is 0 Å². The summed E-state index contributed by atoms with van der Waals surface area (Å²) >= 11 is 0. The molecule has 2 N–H and O–H groups in total. The molecule has 0 heterocycles. The smallest absolute Gasteiger partial charge is 0.443 e. The highest BCUT2D eigenvalue weighted by atomic mass is 16.5. The van der Waals surface area contributed by atoms with Crippen LogP contribution in [0.1, 0.15) is 11.1 Å². The van der Waals surface area contributed by atoms with Crippen molar-refractivity contribution < 1.29 is 14.6 Å². The van der Waals surface area contributed by atoms with Crippen molar-refractivity contribution >= 4 is 25.2 Å². The summed E-state index contributed by atoms with van der Waals surface area (Å²) < 4.78 is 5.25. The van der Waals surface area contributed by atoms with E-state index < -0.39 is 14.2 Å². The van der Waals surface area contributed by atoms with Crippen molar-refractivity contribution in [2.75, 3.05) is 0 Å². The lowest BCUT2D eigenvalue weighted by atomic mass is 9.70. The van der Waals surface area contributed by atoms with Crippen molar-refractivity contribution in [3.05, 3.63) is 59.7 Å². The molecular weight excluding hydrogens is 238 g/mol. The zero-order chi connectivity index (χ0) is 13.8. The number of hydrogen-bond donors (Lipinski definition) is 2. The van der Waals surface area contributed by atoms with Gasteiger partial charge in [0.15, 0.2) is 0 Å². The van der Waals surface area contributed by atoms with Crippen LogP contribution in [0.4, 0.5) is 0 Å². The summed E-state index contributed by atoms with van der Waals surface area (Å²) in [5, 5.41) is 20.0. The maximum Gasteiger partial charge on any atom is 0.478 e. The maximum absolute atomic E-state index is 10.0. The molecule has 0 amide bonds. The fraction of sp³-hybridized carbons (Fsp3) is 0.143. The first-order valence-corrected chi connectivity index (χ1v) is 6.21. The standard InChI is InChI=1S/C14H16B2O3/c1-11-7-9-13(10-8-11)15(17)19-16(18)14-6-4-3-5-12(14)2/h3-10,17-18H,1-2H3. The van der Waals surface area contributed by atoms with E-state index in [4.69, 9.17) is 4.57 Å². The quantitative estimate of drug-likeness (QED) is 0.776. The molecule has 0 bridgehead atoms. The second-order valence-electron chi connectivity index (χ2n) is 4.61. The van der Waals surface area contributed by atoms with E-state index in [0.29, 0.717) is 10.9 Å². The van der Waals surface area contributed by atoms with E-state index in [1.165, 1.54) is 0 Å². The first-order valence-electron chi connectivity index (χ1n) is 6.21. The zero-order valence-electron chi connectivity index (χ0n) is 11.1. The molecule has 0 aliphatic carbocycles. The summed E-state index contributed by atoms with van der Waals surface area (Å²) in [5.41, 5.74) is 3.31. The Labute approximate surface area is 114 Å². The number of benzene rings is 2. The van der Waals surface area contributed by atoms with Crippen molar-refractivity contribution in [2.24, 2.45) is 0 Å². The zero-order valence-corrected chi connectivity index (χ0v) is 11.1. The Bertz CT molecular complexity index is 543. The van der Waals surface area contributed by atoms with Crippen LogP contribution < -0.4 is 10.9 Å². The second kappa shape index (κ2) is 6.06. The van der Waals surface area contributed by atoms with E-state index in [0.717, 1.165) is 11.1 Å². The molecule has 5 heteroatoms. The molecule has 0 saturated heterocycles. The Morgan fingerprint density at radius 1 is 0.842 bits per heavy atom. The summed E-state index contributed by atoms with van der Waals surface area (Å²) in [5.74, 6) is 0. The molecule has 0 unspecified atom stereocenters. The Hall–Kier alpha value is -1.55. The van der Waals surface area contributed by atoms with Crippen molar-refractivity contribution in [1.29, 1.82) is 0 Å². The van der Waals surface area contributed by atoms with Gasteiger partial charge in [0.05, 0.1) is 0 Å². The third kappa shape index (κ3) is 3.47. The van der Waals surface area contributed by atoms with Gasteiger partial charge in [-0.25, -0.2) is 0 Å². The number of rotatable bonds is 4. The maximum atomic E-state index is 10.0. The van der Waals surface area contributed by atoms with Gasteiger partial charge in [-0.15, -0.1) is 0 Å². The van der Waals surface area contributed by atoms with Crippen molar-refractivity contribution in [3.8, 4) is 0 Å². The lowest BCUT2D eigenvalue weighted by Crippen LogP contribution is -2.45. The Morgan fingerprint density at radius 2 is 1.47 bits per heavy atom. The minimum Gasteiger partial charge on any atom is -0.443 e. The highest BCUT2D eigenvalue weighted by molar-refractivity contribution is 6.73. The normalized spacial score (nSPS) is 10.3. The SMILES string of the molecule is Cc1ccc(B(O)OB(O)c2ccccc2C)cc1. The van der Waals surface area contributed by atoms with E-state index >= 15 is 0 Å². The molecule has 0 aliphatic heterocycles. The van der Waals surface area contributed by atoms with Gasteiger partial charge in [0, 0.05) is 0 Å². The molecule has 96 valence electrons. The topological polar surface area (TPSA) is 49.7 Å². The fourth-order valence-electron chi connectivity index (χ4n) is 1.87. The van der Waals surface area contributed by atoms with E-state index in [-0.39, 0.29) is 0 Å². The summed E-state index contributed by atoms with van der Waals surface area (Å²) in [6, 6.07) is 14.7. The molecule has 2 aromatic carbocycles. The average molecular weight is 254 g/mol. The third-order valence-corrected chi connectivity index (χ3v) is 3.07. The van der Waals surface area contributed by atoms with Crippen LogP contribution in [-0.4, -0.2) is 24.3 Å². The van der Waals surface area contributed by atoms with Gasteiger partial charge < -0.3 is 14.6 Å². The first-order chi connectivity index (χ1) is 9.08. The lowest BCUT2D eigenvalue weighted by molar-refractivity contribution is 0.378. The van der Waals surface area contributed by atoms with Crippen molar-refractivity contribution in [1.82, 2.24) is 0 Å². The molecule has 0 saturated carbocycles. The molecular formula is C14H16B2O3. The molecule has 2 rings (SSSR count). The molecule has 3 nitrogen and oxygen atoms in total. The monoisotopic (exact) mass is 254 g/mol. The summed E-state index contributed by atoms with van der Waals surface area (Å²) in [7, 11) is -2.28.